The van der Waals surface area contributed by atoms with Gasteiger partial charge in [0.1, 0.15) is 5.75 Å². The summed E-state index contributed by atoms with van der Waals surface area (Å²) in [5.74, 6) is 0.970. The van der Waals surface area contributed by atoms with Gasteiger partial charge in [0.2, 0.25) is 0 Å². The summed E-state index contributed by atoms with van der Waals surface area (Å²) in [6.45, 7) is 7.02. The quantitative estimate of drug-likeness (QED) is 0.833. The molecule has 0 aliphatic carbocycles. The molecule has 2 aliphatic heterocycles. The van der Waals surface area contributed by atoms with Gasteiger partial charge in [0.15, 0.2) is 0 Å². The zero-order chi connectivity index (χ0) is 12.4. The molecule has 1 aromatic carbocycles. The van der Waals surface area contributed by atoms with E-state index in [9.17, 15) is 0 Å². The van der Waals surface area contributed by atoms with Crippen molar-refractivity contribution in [2.45, 2.75) is 19.4 Å². The van der Waals surface area contributed by atoms with E-state index in [0.29, 0.717) is 6.04 Å². The van der Waals surface area contributed by atoms with Crippen LogP contribution in [0.4, 0.5) is 11.4 Å². The van der Waals surface area contributed by atoms with Crippen LogP contribution in [0.15, 0.2) is 18.2 Å². The normalized spacial score (nSPS) is 22.5. The number of hydrogen-bond acceptors (Lipinski definition) is 4. The first-order valence-electron chi connectivity index (χ1n) is 6.86. The van der Waals surface area contributed by atoms with Crippen molar-refractivity contribution in [3.05, 3.63) is 18.2 Å². The lowest BCUT2D eigenvalue weighted by molar-refractivity contribution is 0.340. The summed E-state index contributed by atoms with van der Waals surface area (Å²) in [4.78, 5) is 2.52. The summed E-state index contributed by atoms with van der Waals surface area (Å²) in [5.41, 5.74) is 2.54. The van der Waals surface area contributed by atoms with Gasteiger partial charge in [0, 0.05) is 38.3 Å². The van der Waals surface area contributed by atoms with Crippen LogP contribution >= 0.6 is 0 Å². The van der Waals surface area contributed by atoms with Gasteiger partial charge in [-0.05, 0) is 25.5 Å². The monoisotopic (exact) mass is 247 g/mol. The van der Waals surface area contributed by atoms with Crippen LogP contribution in [0.25, 0.3) is 0 Å². The minimum Gasteiger partial charge on any atom is -0.494 e. The Bertz CT molecular complexity index is 422. The van der Waals surface area contributed by atoms with Gasteiger partial charge in [-0.15, -0.1) is 0 Å². The first-order chi connectivity index (χ1) is 8.88. The van der Waals surface area contributed by atoms with Crippen molar-refractivity contribution >= 4 is 11.4 Å². The fourth-order valence-corrected chi connectivity index (χ4v) is 2.86. The molecule has 2 heterocycles. The van der Waals surface area contributed by atoms with Crippen LogP contribution in [0.5, 0.6) is 5.75 Å². The van der Waals surface area contributed by atoms with Gasteiger partial charge >= 0.3 is 0 Å². The SMILES string of the molecule is CCOc1ccc2c(c1)N1CCNC[C@@H]1CCN2. The Hall–Kier alpha value is -1.42. The fourth-order valence-electron chi connectivity index (χ4n) is 2.86. The zero-order valence-electron chi connectivity index (χ0n) is 10.9. The maximum absolute atomic E-state index is 5.62. The molecular weight excluding hydrogens is 226 g/mol. The molecule has 0 radical (unpaired) electrons. The lowest BCUT2D eigenvalue weighted by Crippen LogP contribution is -2.51. The van der Waals surface area contributed by atoms with Crippen molar-refractivity contribution in [1.82, 2.24) is 5.32 Å². The largest absolute Gasteiger partial charge is 0.494 e. The third kappa shape index (κ3) is 2.12. The highest BCUT2D eigenvalue weighted by Crippen LogP contribution is 2.34. The molecule has 1 fully saturated rings. The van der Waals surface area contributed by atoms with Crippen molar-refractivity contribution in [2.24, 2.45) is 0 Å². The van der Waals surface area contributed by atoms with E-state index >= 15 is 0 Å². The number of ether oxygens (including phenoxy) is 1. The van der Waals surface area contributed by atoms with E-state index in [4.69, 9.17) is 4.74 Å². The molecule has 1 atom stereocenters. The summed E-state index contributed by atoms with van der Waals surface area (Å²) < 4.78 is 5.62. The van der Waals surface area contributed by atoms with Crippen molar-refractivity contribution in [3.63, 3.8) is 0 Å². The molecule has 4 heteroatoms. The average molecular weight is 247 g/mol. The molecule has 4 nitrogen and oxygen atoms in total. The fraction of sp³-hybridized carbons (Fsp3) is 0.571. The predicted molar refractivity (Wildman–Crippen MR) is 74.7 cm³/mol. The third-order valence-electron chi connectivity index (χ3n) is 3.73. The predicted octanol–water partition coefficient (Wildman–Crippen LogP) is 1.68. The molecule has 2 N–H and O–H groups in total. The Balaban J connectivity index is 1.95. The second-order valence-corrected chi connectivity index (χ2v) is 4.88. The molecule has 1 aromatic rings. The van der Waals surface area contributed by atoms with Gasteiger partial charge in [0.05, 0.1) is 18.0 Å². The summed E-state index contributed by atoms with van der Waals surface area (Å²) in [6, 6.07) is 6.97. The van der Waals surface area contributed by atoms with Crippen molar-refractivity contribution < 1.29 is 4.74 Å². The molecule has 0 aromatic heterocycles. The third-order valence-corrected chi connectivity index (χ3v) is 3.73. The van der Waals surface area contributed by atoms with E-state index in [-0.39, 0.29) is 0 Å². The van der Waals surface area contributed by atoms with Gasteiger partial charge in [-0.1, -0.05) is 0 Å². The summed E-state index contributed by atoms with van der Waals surface area (Å²) in [6.07, 6.45) is 1.19. The molecule has 3 rings (SSSR count). The Morgan fingerprint density at radius 1 is 1.39 bits per heavy atom. The second kappa shape index (κ2) is 5.06. The molecule has 2 aliphatic rings. The number of piperazine rings is 1. The van der Waals surface area contributed by atoms with E-state index in [0.717, 1.165) is 38.5 Å². The van der Waals surface area contributed by atoms with Crippen molar-refractivity contribution in [2.75, 3.05) is 43.0 Å². The number of nitrogens with one attached hydrogen (secondary N) is 2. The second-order valence-electron chi connectivity index (χ2n) is 4.88. The van der Waals surface area contributed by atoms with Crippen LogP contribution in [0, 0.1) is 0 Å². The molecule has 0 bridgehead atoms. The van der Waals surface area contributed by atoms with Crippen molar-refractivity contribution in [3.8, 4) is 5.75 Å². The Morgan fingerprint density at radius 2 is 2.33 bits per heavy atom. The van der Waals surface area contributed by atoms with E-state index in [2.05, 4.69) is 33.7 Å². The standard InChI is InChI=1S/C14H21N3O/c1-2-18-12-3-4-13-14(9-12)17-8-7-15-10-11(17)5-6-16-13/h3-4,9,11,15-16H,2,5-8,10H2,1H3/t11-/m0/s1. The Morgan fingerprint density at radius 3 is 3.22 bits per heavy atom. The highest BCUT2D eigenvalue weighted by molar-refractivity contribution is 5.73. The molecule has 0 amide bonds. The number of benzene rings is 1. The molecule has 0 spiro atoms. The summed E-state index contributed by atoms with van der Waals surface area (Å²) in [7, 11) is 0. The molecule has 1 saturated heterocycles. The number of fused-ring (bicyclic) bond motifs is 3. The molecular formula is C14H21N3O. The van der Waals surface area contributed by atoms with Gasteiger partial charge in [0.25, 0.3) is 0 Å². The van der Waals surface area contributed by atoms with Crippen LogP contribution in [-0.4, -0.2) is 38.8 Å². The van der Waals surface area contributed by atoms with Crippen molar-refractivity contribution in [1.29, 1.82) is 0 Å². The highest BCUT2D eigenvalue weighted by Gasteiger charge is 2.26. The van der Waals surface area contributed by atoms with Crippen LogP contribution in [0.3, 0.4) is 0 Å². The van der Waals surface area contributed by atoms with Gasteiger partial charge < -0.3 is 20.3 Å². The van der Waals surface area contributed by atoms with Crippen LogP contribution in [0.1, 0.15) is 13.3 Å². The Labute approximate surface area is 108 Å². The number of anilines is 2. The highest BCUT2D eigenvalue weighted by atomic mass is 16.5. The molecule has 0 unspecified atom stereocenters. The molecule has 0 saturated carbocycles. The zero-order valence-corrected chi connectivity index (χ0v) is 10.9. The van der Waals surface area contributed by atoms with Crippen LogP contribution < -0.4 is 20.3 Å². The van der Waals surface area contributed by atoms with Crippen LogP contribution in [0.2, 0.25) is 0 Å². The first-order valence-corrected chi connectivity index (χ1v) is 6.86. The number of rotatable bonds is 2. The average Bonchev–Trinajstić information content (AvgIpc) is 2.58. The minimum absolute atomic E-state index is 0.601. The van der Waals surface area contributed by atoms with Gasteiger partial charge in [-0.2, -0.15) is 0 Å². The molecule has 18 heavy (non-hydrogen) atoms. The van der Waals surface area contributed by atoms with E-state index in [1.54, 1.807) is 0 Å². The maximum atomic E-state index is 5.62. The van der Waals surface area contributed by atoms with Crippen LogP contribution in [-0.2, 0) is 0 Å². The van der Waals surface area contributed by atoms with Gasteiger partial charge in [-0.3, -0.25) is 0 Å². The minimum atomic E-state index is 0.601. The smallest absolute Gasteiger partial charge is 0.121 e. The van der Waals surface area contributed by atoms with Gasteiger partial charge in [-0.25, -0.2) is 0 Å². The van der Waals surface area contributed by atoms with E-state index in [1.165, 1.54) is 17.8 Å². The lowest BCUT2D eigenvalue weighted by Gasteiger charge is -2.37. The number of nitrogens with zero attached hydrogens (tertiary/aromatic N) is 1. The first kappa shape index (κ1) is 11.7. The Kier molecular flexibility index (Phi) is 3.28. The molecule has 98 valence electrons. The van der Waals surface area contributed by atoms with E-state index < -0.39 is 0 Å². The lowest BCUT2D eigenvalue weighted by atomic mass is 10.1. The summed E-state index contributed by atoms with van der Waals surface area (Å²) in [5, 5.41) is 7.01. The summed E-state index contributed by atoms with van der Waals surface area (Å²) >= 11 is 0. The topological polar surface area (TPSA) is 36.5 Å². The number of hydrogen-bond donors (Lipinski definition) is 2. The van der Waals surface area contributed by atoms with E-state index in [1.807, 2.05) is 6.92 Å². The maximum Gasteiger partial charge on any atom is 0.121 e.